The summed E-state index contributed by atoms with van der Waals surface area (Å²) in [4.78, 5) is 8.69. The molecular formula is C22H26FN5. The summed E-state index contributed by atoms with van der Waals surface area (Å²) in [5, 5.41) is 6.52. The van der Waals surface area contributed by atoms with E-state index < -0.39 is 0 Å². The molecule has 3 aromatic rings. The molecule has 2 aromatic carbocycles. The summed E-state index contributed by atoms with van der Waals surface area (Å²) >= 11 is 0. The largest absolute Gasteiger partial charge is 0.356 e. The van der Waals surface area contributed by atoms with Crippen LogP contribution in [-0.2, 0) is 19.4 Å². The van der Waals surface area contributed by atoms with Crippen LogP contribution in [0.25, 0.3) is 0 Å². The Morgan fingerprint density at radius 1 is 1.00 bits per heavy atom. The van der Waals surface area contributed by atoms with Gasteiger partial charge in [0.05, 0.1) is 0 Å². The number of nitrogens with zero attached hydrogens (tertiary/aromatic N) is 3. The fourth-order valence-electron chi connectivity index (χ4n) is 3.02. The Kier molecular flexibility index (Phi) is 7.18. The van der Waals surface area contributed by atoms with Crippen LogP contribution in [0.5, 0.6) is 0 Å². The highest BCUT2D eigenvalue weighted by Crippen LogP contribution is 2.07. The fourth-order valence-corrected chi connectivity index (χ4v) is 3.02. The standard InChI is InChI=1S/C22H26FN5/c1-24-22(26-13-11-19-9-5-6-10-20(19)23)27-14-12-21-25-15-16-28(21)17-18-7-3-2-4-8-18/h2-10,15-16H,11-14,17H2,1H3,(H2,24,26,27). The topological polar surface area (TPSA) is 54.2 Å². The number of guanidine groups is 1. The predicted octanol–water partition coefficient (Wildman–Crippen LogP) is 3.02. The molecule has 146 valence electrons. The lowest BCUT2D eigenvalue weighted by Gasteiger charge is -2.13. The van der Waals surface area contributed by atoms with Crippen LogP contribution in [0.1, 0.15) is 17.0 Å². The van der Waals surface area contributed by atoms with Gasteiger partial charge in [0, 0.05) is 45.5 Å². The summed E-state index contributed by atoms with van der Waals surface area (Å²) in [5.41, 5.74) is 1.95. The second kappa shape index (κ2) is 10.3. The molecule has 0 bridgehead atoms. The van der Waals surface area contributed by atoms with Crippen molar-refractivity contribution in [1.82, 2.24) is 20.2 Å². The monoisotopic (exact) mass is 379 g/mol. The van der Waals surface area contributed by atoms with E-state index in [2.05, 4.69) is 37.3 Å². The van der Waals surface area contributed by atoms with E-state index in [-0.39, 0.29) is 5.82 Å². The quantitative estimate of drug-likeness (QED) is 0.467. The smallest absolute Gasteiger partial charge is 0.191 e. The third kappa shape index (κ3) is 5.67. The van der Waals surface area contributed by atoms with Gasteiger partial charge >= 0.3 is 0 Å². The van der Waals surface area contributed by atoms with Crippen LogP contribution >= 0.6 is 0 Å². The number of hydrogen-bond donors (Lipinski definition) is 2. The second-order valence-corrected chi connectivity index (χ2v) is 6.47. The minimum Gasteiger partial charge on any atom is -0.356 e. The van der Waals surface area contributed by atoms with Gasteiger partial charge in [-0.1, -0.05) is 48.5 Å². The van der Waals surface area contributed by atoms with E-state index in [1.807, 2.05) is 36.7 Å². The maximum Gasteiger partial charge on any atom is 0.191 e. The lowest BCUT2D eigenvalue weighted by molar-refractivity contribution is 0.606. The van der Waals surface area contributed by atoms with Gasteiger partial charge in [-0.15, -0.1) is 0 Å². The zero-order valence-corrected chi connectivity index (χ0v) is 16.1. The Morgan fingerprint density at radius 3 is 2.46 bits per heavy atom. The molecule has 28 heavy (non-hydrogen) atoms. The van der Waals surface area contributed by atoms with Crippen LogP contribution in [0.2, 0.25) is 0 Å². The van der Waals surface area contributed by atoms with E-state index in [9.17, 15) is 4.39 Å². The van der Waals surface area contributed by atoms with Gasteiger partial charge in [-0.25, -0.2) is 9.37 Å². The molecule has 0 aliphatic rings. The average Bonchev–Trinajstić information content (AvgIpc) is 3.16. The summed E-state index contributed by atoms with van der Waals surface area (Å²) in [6.45, 7) is 2.14. The molecule has 0 aliphatic carbocycles. The summed E-state index contributed by atoms with van der Waals surface area (Å²) in [7, 11) is 1.73. The highest BCUT2D eigenvalue weighted by Gasteiger charge is 2.05. The van der Waals surface area contributed by atoms with Crippen LogP contribution in [0.3, 0.4) is 0 Å². The van der Waals surface area contributed by atoms with Crippen molar-refractivity contribution in [2.75, 3.05) is 20.1 Å². The van der Waals surface area contributed by atoms with Crippen molar-refractivity contribution in [2.24, 2.45) is 4.99 Å². The number of nitrogens with one attached hydrogen (secondary N) is 2. The van der Waals surface area contributed by atoms with Gasteiger partial charge in [0.2, 0.25) is 0 Å². The number of hydrogen-bond acceptors (Lipinski definition) is 2. The molecule has 6 heteroatoms. The third-order valence-electron chi connectivity index (χ3n) is 4.51. The zero-order valence-electron chi connectivity index (χ0n) is 16.1. The first kappa shape index (κ1) is 19.6. The normalized spacial score (nSPS) is 11.4. The van der Waals surface area contributed by atoms with Crippen molar-refractivity contribution < 1.29 is 4.39 Å². The number of benzene rings is 2. The minimum absolute atomic E-state index is 0.169. The lowest BCUT2D eigenvalue weighted by Crippen LogP contribution is -2.39. The molecule has 1 heterocycles. The zero-order chi connectivity index (χ0) is 19.6. The van der Waals surface area contributed by atoms with E-state index >= 15 is 0 Å². The van der Waals surface area contributed by atoms with Crippen molar-refractivity contribution in [2.45, 2.75) is 19.4 Å². The van der Waals surface area contributed by atoms with Crippen molar-refractivity contribution in [3.05, 3.63) is 89.8 Å². The SMILES string of the molecule is CN=C(NCCc1ccccc1F)NCCc1nccn1Cc1ccccc1. The van der Waals surface area contributed by atoms with E-state index in [4.69, 9.17) is 0 Å². The highest BCUT2D eigenvalue weighted by atomic mass is 19.1. The second-order valence-electron chi connectivity index (χ2n) is 6.47. The minimum atomic E-state index is -0.169. The number of aliphatic imine (C=N–C) groups is 1. The van der Waals surface area contributed by atoms with Crippen molar-refractivity contribution in [1.29, 1.82) is 0 Å². The third-order valence-corrected chi connectivity index (χ3v) is 4.51. The van der Waals surface area contributed by atoms with Crippen LogP contribution in [0.4, 0.5) is 4.39 Å². The Balaban J connectivity index is 1.44. The van der Waals surface area contributed by atoms with E-state index in [0.29, 0.717) is 31.0 Å². The Labute approximate surface area is 165 Å². The number of halogens is 1. The van der Waals surface area contributed by atoms with Crippen LogP contribution in [0, 0.1) is 5.82 Å². The molecule has 0 atom stereocenters. The molecule has 0 saturated carbocycles. The van der Waals surface area contributed by atoms with Gasteiger partial charge in [0.1, 0.15) is 11.6 Å². The predicted molar refractivity (Wildman–Crippen MR) is 111 cm³/mol. The van der Waals surface area contributed by atoms with Crippen molar-refractivity contribution in [3.8, 4) is 0 Å². The molecule has 0 saturated heterocycles. The summed E-state index contributed by atoms with van der Waals surface area (Å²) < 4.78 is 15.8. The highest BCUT2D eigenvalue weighted by molar-refractivity contribution is 5.79. The molecule has 3 rings (SSSR count). The maximum atomic E-state index is 13.7. The first-order valence-corrected chi connectivity index (χ1v) is 9.48. The molecule has 5 nitrogen and oxygen atoms in total. The molecule has 0 amide bonds. The summed E-state index contributed by atoms with van der Waals surface area (Å²) in [5.74, 6) is 1.56. The molecule has 0 fully saturated rings. The van der Waals surface area contributed by atoms with Gasteiger partial charge < -0.3 is 15.2 Å². The van der Waals surface area contributed by atoms with Crippen molar-refractivity contribution in [3.63, 3.8) is 0 Å². The van der Waals surface area contributed by atoms with Gasteiger partial charge in [-0.3, -0.25) is 4.99 Å². The van der Waals surface area contributed by atoms with Crippen LogP contribution in [-0.4, -0.2) is 35.6 Å². The lowest BCUT2D eigenvalue weighted by atomic mass is 10.1. The van der Waals surface area contributed by atoms with Gasteiger partial charge in [0.15, 0.2) is 5.96 Å². The van der Waals surface area contributed by atoms with E-state index in [1.54, 1.807) is 19.2 Å². The van der Waals surface area contributed by atoms with Crippen LogP contribution in [0.15, 0.2) is 72.0 Å². The molecular weight excluding hydrogens is 353 g/mol. The van der Waals surface area contributed by atoms with Gasteiger partial charge in [0.25, 0.3) is 0 Å². The molecule has 0 aliphatic heterocycles. The molecule has 2 N–H and O–H groups in total. The van der Waals surface area contributed by atoms with E-state index in [1.165, 1.54) is 11.6 Å². The summed E-state index contributed by atoms with van der Waals surface area (Å²) in [6, 6.07) is 17.2. The van der Waals surface area contributed by atoms with Crippen molar-refractivity contribution >= 4 is 5.96 Å². The number of aromatic nitrogens is 2. The van der Waals surface area contributed by atoms with E-state index in [0.717, 1.165) is 18.8 Å². The maximum absolute atomic E-state index is 13.7. The Morgan fingerprint density at radius 2 is 1.71 bits per heavy atom. The Bertz CT molecular complexity index is 889. The number of imidazole rings is 1. The van der Waals surface area contributed by atoms with Gasteiger partial charge in [-0.2, -0.15) is 0 Å². The Hall–Kier alpha value is -3.15. The molecule has 0 unspecified atom stereocenters. The number of rotatable bonds is 8. The fraction of sp³-hybridized carbons (Fsp3) is 0.273. The van der Waals surface area contributed by atoms with Gasteiger partial charge in [-0.05, 0) is 23.6 Å². The molecule has 1 aromatic heterocycles. The molecule has 0 spiro atoms. The summed E-state index contributed by atoms with van der Waals surface area (Å²) in [6.07, 6.45) is 5.23. The first-order chi connectivity index (χ1) is 13.8. The first-order valence-electron chi connectivity index (χ1n) is 9.48. The van der Waals surface area contributed by atoms with Crippen LogP contribution < -0.4 is 10.6 Å². The molecule has 0 radical (unpaired) electrons. The average molecular weight is 379 g/mol.